The number of rotatable bonds is 6. The first kappa shape index (κ1) is 14.1. The predicted octanol–water partition coefficient (Wildman–Crippen LogP) is 2.54. The van der Waals surface area contributed by atoms with E-state index in [-0.39, 0.29) is 6.04 Å². The third-order valence-corrected chi connectivity index (χ3v) is 3.33. The van der Waals surface area contributed by atoms with Gasteiger partial charge < -0.3 is 10.4 Å². The van der Waals surface area contributed by atoms with E-state index in [2.05, 4.69) is 11.4 Å². The molecule has 94 valence electrons. The van der Waals surface area contributed by atoms with Gasteiger partial charge in [0.15, 0.2) is 0 Å². The van der Waals surface area contributed by atoms with Crippen molar-refractivity contribution in [1.29, 1.82) is 0 Å². The topological polar surface area (TPSA) is 49.3 Å². The normalized spacial score (nSPS) is 12.7. The van der Waals surface area contributed by atoms with E-state index in [4.69, 9.17) is 5.11 Å². The molecule has 0 saturated heterocycles. The summed E-state index contributed by atoms with van der Waals surface area (Å²) in [7, 11) is 0. The molecule has 0 saturated carbocycles. The maximum absolute atomic E-state index is 11.0. The number of aliphatic carboxylic acids is 1. The van der Waals surface area contributed by atoms with Gasteiger partial charge in [-0.25, -0.2) is 0 Å². The Balaban J connectivity index is 2.54. The summed E-state index contributed by atoms with van der Waals surface area (Å²) in [6.07, 6.45) is 0. The van der Waals surface area contributed by atoms with Gasteiger partial charge in [0, 0.05) is 16.7 Å². The number of hydrogen-bond donors (Lipinski definition) is 2. The Kier molecular flexibility index (Phi) is 5.51. The second-order valence-electron chi connectivity index (χ2n) is 4.34. The fourth-order valence-corrected chi connectivity index (χ4v) is 2.52. The zero-order chi connectivity index (χ0) is 12.8. The molecule has 0 bridgehead atoms. The number of carbonyl (C=O) groups is 1. The van der Waals surface area contributed by atoms with Crippen LogP contribution in [0.2, 0.25) is 0 Å². The largest absolute Gasteiger partial charge is 0.480 e. The van der Waals surface area contributed by atoms with Gasteiger partial charge >= 0.3 is 5.97 Å². The van der Waals surface area contributed by atoms with E-state index in [0.717, 1.165) is 4.90 Å². The standard InChI is InChI=1S/C13H19NO2S/c1-9(2)14-12(13(15)16)8-17-11-6-4-5-10(3)7-11/h4-7,9,12,14H,8H2,1-3H3,(H,15,16). The van der Waals surface area contributed by atoms with Crippen molar-refractivity contribution in [2.24, 2.45) is 0 Å². The lowest BCUT2D eigenvalue weighted by molar-refractivity contribution is -0.139. The molecule has 1 atom stereocenters. The molecule has 3 nitrogen and oxygen atoms in total. The van der Waals surface area contributed by atoms with E-state index in [0.29, 0.717) is 5.75 Å². The molecule has 0 aromatic heterocycles. The predicted molar refractivity (Wildman–Crippen MR) is 71.6 cm³/mol. The molecule has 0 spiro atoms. The molecule has 4 heteroatoms. The van der Waals surface area contributed by atoms with E-state index in [1.807, 2.05) is 39.0 Å². The van der Waals surface area contributed by atoms with Crippen LogP contribution in [-0.4, -0.2) is 28.9 Å². The van der Waals surface area contributed by atoms with Crippen LogP contribution in [0.15, 0.2) is 29.2 Å². The van der Waals surface area contributed by atoms with Gasteiger partial charge in [-0.15, -0.1) is 11.8 Å². The minimum atomic E-state index is -0.793. The van der Waals surface area contributed by atoms with Gasteiger partial charge in [0.2, 0.25) is 0 Å². The Morgan fingerprint density at radius 1 is 1.47 bits per heavy atom. The summed E-state index contributed by atoms with van der Waals surface area (Å²) in [5.41, 5.74) is 1.19. The van der Waals surface area contributed by atoms with Crippen LogP contribution in [0.4, 0.5) is 0 Å². The van der Waals surface area contributed by atoms with Crippen molar-refractivity contribution in [3.63, 3.8) is 0 Å². The SMILES string of the molecule is Cc1cccc(SCC(NC(C)C)C(=O)O)c1. The van der Waals surface area contributed by atoms with Crippen molar-refractivity contribution < 1.29 is 9.90 Å². The molecule has 1 aromatic carbocycles. The summed E-state index contributed by atoms with van der Waals surface area (Å²) in [6, 6.07) is 7.77. The van der Waals surface area contributed by atoms with Gasteiger partial charge in [0.05, 0.1) is 0 Å². The molecule has 2 N–H and O–H groups in total. The van der Waals surface area contributed by atoms with Crippen LogP contribution < -0.4 is 5.32 Å². The summed E-state index contributed by atoms with van der Waals surface area (Å²) >= 11 is 1.57. The third-order valence-electron chi connectivity index (χ3n) is 2.24. The number of hydrogen-bond acceptors (Lipinski definition) is 3. The van der Waals surface area contributed by atoms with Crippen molar-refractivity contribution in [3.05, 3.63) is 29.8 Å². The third kappa shape index (κ3) is 5.24. The Labute approximate surface area is 107 Å². The molecule has 1 rings (SSSR count). The summed E-state index contributed by atoms with van der Waals surface area (Å²) in [5.74, 6) is -0.254. The molecule has 0 amide bonds. The Morgan fingerprint density at radius 2 is 2.18 bits per heavy atom. The van der Waals surface area contributed by atoms with Crippen molar-refractivity contribution in [2.45, 2.75) is 37.8 Å². The van der Waals surface area contributed by atoms with Crippen LogP contribution in [0, 0.1) is 6.92 Å². The number of carboxylic acid groups (broad SMARTS) is 1. The molecular formula is C13H19NO2S. The second kappa shape index (κ2) is 6.67. The number of nitrogens with one attached hydrogen (secondary N) is 1. The molecule has 0 aliphatic carbocycles. The van der Waals surface area contributed by atoms with E-state index in [9.17, 15) is 4.79 Å². The molecule has 17 heavy (non-hydrogen) atoms. The number of benzene rings is 1. The van der Waals surface area contributed by atoms with E-state index < -0.39 is 12.0 Å². The van der Waals surface area contributed by atoms with E-state index >= 15 is 0 Å². The zero-order valence-electron chi connectivity index (χ0n) is 10.4. The molecule has 0 radical (unpaired) electrons. The second-order valence-corrected chi connectivity index (χ2v) is 5.43. The van der Waals surface area contributed by atoms with Crippen LogP contribution in [-0.2, 0) is 4.79 Å². The Bertz CT molecular complexity index is 379. The monoisotopic (exact) mass is 253 g/mol. The summed E-state index contributed by atoms with van der Waals surface area (Å²) in [4.78, 5) is 12.2. The first-order chi connectivity index (χ1) is 7.99. The highest BCUT2D eigenvalue weighted by molar-refractivity contribution is 7.99. The molecule has 0 aliphatic rings. The fraction of sp³-hybridized carbons (Fsp3) is 0.462. The summed E-state index contributed by atoms with van der Waals surface area (Å²) in [6.45, 7) is 5.94. The highest BCUT2D eigenvalue weighted by atomic mass is 32.2. The lowest BCUT2D eigenvalue weighted by Crippen LogP contribution is -2.42. The van der Waals surface area contributed by atoms with Crippen molar-refractivity contribution in [2.75, 3.05) is 5.75 Å². The van der Waals surface area contributed by atoms with Crippen LogP contribution in [0.25, 0.3) is 0 Å². The lowest BCUT2D eigenvalue weighted by atomic mass is 10.2. The first-order valence-corrected chi connectivity index (χ1v) is 6.66. The molecular weight excluding hydrogens is 234 g/mol. The van der Waals surface area contributed by atoms with Gasteiger partial charge in [0.1, 0.15) is 6.04 Å². The molecule has 1 aromatic rings. The zero-order valence-corrected chi connectivity index (χ0v) is 11.3. The summed E-state index contributed by atoms with van der Waals surface area (Å²) < 4.78 is 0. The quantitative estimate of drug-likeness (QED) is 0.765. The van der Waals surface area contributed by atoms with Crippen LogP contribution in [0.1, 0.15) is 19.4 Å². The number of thioether (sulfide) groups is 1. The van der Waals surface area contributed by atoms with Crippen LogP contribution >= 0.6 is 11.8 Å². The number of carboxylic acids is 1. The van der Waals surface area contributed by atoms with Crippen molar-refractivity contribution in [3.8, 4) is 0 Å². The molecule has 0 heterocycles. The smallest absolute Gasteiger partial charge is 0.321 e. The minimum absolute atomic E-state index is 0.175. The van der Waals surface area contributed by atoms with Crippen molar-refractivity contribution in [1.82, 2.24) is 5.32 Å². The molecule has 0 aliphatic heterocycles. The Morgan fingerprint density at radius 3 is 2.71 bits per heavy atom. The highest BCUT2D eigenvalue weighted by Crippen LogP contribution is 2.19. The van der Waals surface area contributed by atoms with Gasteiger partial charge in [-0.1, -0.05) is 31.5 Å². The lowest BCUT2D eigenvalue weighted by Gasteiger charge is -2.16. The Hall–Kier alpha value is -1.00. The average Bonchev–Trinajstić information content (AvgIpc) is 2.23. The van der Waals surface area contributed by atoms with E-state index in [1.165, 1.54) is 5.56 Å². The maximum Gasteiger partial charge on any atom is 0.321 e. The van der Waals surface area contributed by atoms with Crippen LogP contribution in [0.5, 0.6) is 0 Å². The first-order valence-electron chi connectivity index (χ1n) is 5.67. The van der Waals surface area contributed by atoms with Gasteiger partial charge in [-0.05, 0) is 19.1 Å². The van der Waals surface area contributed by atoms with Gasteiger partial charge in [-0.3, -0.25) is 4.79 Å². The maximum atomic E-state index is 11.0. The molecule has 0 fully saturated rings. The highest BCUT2D eigenvalue weighted by Gasteiger charge is 2.17. The minimum Gasteiger partial charge on any atom is -0.480 e. The van der Waals surface area contributed by atoms with Crippen molar-refractivity contribution >= 4 is 17.7 Å². The average molecular weight is 253 g/mol. The van der Waals surface area contributed by atoms with E-state index in [1.54, 1.807) is 11.8 Å². The van der Waals surface area contributed by atoms with Gasteiger partial charge in [0.25, 0.3) is 0 Å². The van der Waals surface area contributed by atoms with Crippen LogP contribution in [0.3, 0.4) is 0 Å². The number of aryl methyl sites for hydroxylation is 1. The molecule has 1 unspecified atom stereocenters. The van der Waals surface area contributed by atoms with Gasteiger partial charge in [-0.2, -0.15) is 0 Å². The summed E-state index contributed by atoms with van der Waals surface area (Å²) in [5, 5.41) is 12.1. The fourth-order valence-electron chi connectivity index (χ4n) is 1.48.